The summed E-state index contributed by atoms with van der Waals surface area (Å²) in [6.45, 7) is 4.55. The first-order valence-electron chi connectivity index (χ1n) is 13.6. The van der Waals surface area contributed by atoms with Crippen LogP contribution in [0.3, 0.4) is 0 Å². The van der Waals surface area contributed by atoms with Crippen LogP contribution >= 0.6 is 0 Å². The van der Waals surface area contributed by atoms with Gasteiger partial charge in [0.1, 0.15) is 0 Å². The molecule has 0 aliphatic heterocycles. The van der Waals surface area contributed by atoms with Crippen molar-refractivity contribution in [2.24, 2.45) is 5.92 Å². The number of hydrogen-bond donors (Lipinski definition) is 1. The second kappa shape index (κ2) is 24.3. The summed E-state index contributed by atoms with van der Waals surface area (Å²) in [5, 5.41) is 9.01. The third kappa shape index (κ3) is 21.9. The molecule has 0 heterocycles. The molecule has 4 nitrogen and oxygen atoms in total. The molecule has 0 aliphatic rings. The normalized spacial score (nSPS) is 12.3. The number of hydrogen-bond acceptors (Lipinski definition) is 3. The molecule has 1 atom stereocenters. The highest BCUT2D eigenvalue weighted by Gasteiger charge is 2.22. The number of carbonyl (C=O) groups is 2. The minimum absolute atomic E-state index is 0.112. The third-order valence-corrected chi connectivity index (χ3v) is 6.00. The molecule has 0 amide bonds. The average molecular weight is 453 g/mol. The Morgan fingerprint density at radius 1 is 0.688 bits per heavy atom. The van der Waals surface area contributed by atoms with Gasteiger partial charge in [-0.25, -0.2) is 0 Å². The van der Waals surface area contributed by atoms with Crippen molar-refractivity contribution < 1.29 is 19.4 Å². The number of carbonyl (C=O) groups excluding carboxylic acids is 1. The third-order valence-electron chi connectivity index (χ3n) is 6.00. The standard InChI is InChI=1S/C28H52O4/c1-3-5-6-7-8-9-10-11-12-13-14-15-16-17-18-19-20-21-22-23-26(25-27(29)30)28(31)32-24-4-2/h6-7,26H,3-5,8-25H2,1-2H3,(H,29,30)/b7-6+. The number of unbranched alkanes of at least 4 members (excludes halogenated alkanes) is 15. The fourth-order valence-electron chi connectivity index (χ4n) is 4.01. The van der Waals surface area contributed by atoms with E-state index < -0.39 is 11.9 Å². The van der Waals surface area contributed by atoms with Crippen LogP contribution in [0.4, 0.5) is 0 Å². The van der Waals surface area contributed by atoms with E-state index in [-0.39, 0.29) is 12.4 Å². The highest BCUT2D eigenvalue weighted by Crippen LogP contribution is 2.18. The lowest BCUT2D eigenvalue weighted by Gasteiger charge is -2.13. The Morgan fingerprint density at radius 2 is 1.16 bits per heavy atom. The SMILES string of the molecule is CCC/C=C/CCCCCCCCCCCCCCCCC(CC(=O)O)C(=O)OCCC. The van der Waals surface area contributed by atoms with Gasteiger partial charge in [-0.15, -0.1) is 0 Å². The van der Waals surface area contributed by atoms with Gasteiger partial charge in [-0.3, -0.25) is 9.59 Å². The van der Waals surface area contributed by atoms with E-state index in [0.29, 0.717) is 13.0 Å². The average Bonchev–Trinajstić information content (AvgIpc) is 2.77. The molecule has 0 fully saturated rings. The summed E-state index contributed by atoms with van der Waals surface area (Å²) < 4.78 is 5.14. The van der Waals surface area contributed by atoms with Crippen molar-refractivity contribution in [1.29, 1.82) is 0 Å². The van der Waals surface area contributed by atoms with E-state index in [4.69, 9.17) is 9.84 Å². The first-order chi connectivity index (χ1) is 15.6. The summed E-state index contributed by atoms with van der Waals surface area (Å²) in [5.41, 5.74) is 0. The molecule has 0 aromatic carbocycles. The molecule has 0 aliphatic carbocycles. The number of rotatable bonds is 24. The maximum Gasteiger partial charge on any atom is 0.309 e. The Morgan fingerprint density at radius 3 is 1.62 bits per heavy atom. The number of allylic oxidation sites excluding steroid dienone is 2. The molecule has 32 heavy (non-hydrogen) atoms. The lowest BCUT2D eigenvalue weighted by atomic mass is 9.97. The van der Waals surface area contributed by atoms with Crippen LogP contribution in [0.1, 0.15) is 142 Å². The number of carboxylic acid groups (broad SMARTS) is 1. The van der Waals surface area contributed by atoms with Crippen molar-refractivity contribution in [2.45, 2.75) is 142 Å². The predicted octanol–water partition coefficient (Wildman–Crippen LogP) is 8.63. The summed E-state index contributed by atoms with van der Waals surface area (Å²) in [6.07, 6.45) is 27.8. The van der Waals surface area contributed by atoms with Crippen LogP contribution in [0.15, 0.2) is 12.2 Å². The van der Waals surface area contributed by atoms with E-state index in [1.54, 1.807) is 0 Å². The fourth-order valence-corrected chi connectivity index (χ4v) is 4.01. The van der Waals surface area contributed by atoms with Gasteiger partial charge in [-0.2, -0.15) is 0 Å². The zero-order valence-corrected chi connectivity index (χ0v) is 21.3. The van der Waals surface area contributed by atoms with Crippen LogP contribution < -0.4 is 0 Å². The van der Waals surface area contributed by atoms with Crippen LogP contribution in [-0.2, 0) is 14.3 Å². The molecule has 0 rings (SSSR count). The molecule has 0 aromatic heterocycles. The lowest BCUT2D eigenvalue weighted by molar-refractivity contribution is -0.153. The second-order valence-electron chi connectivity index (χ2n) is 9.25. The summed E-state index contributed by atoms with van der Waals surface area (Å²) >= 11 is 0. The second-order valence-corrected chi connectivity index (χ2v) is 9.25. The first kappa shape index (κ1) is 30.7. The molecule has 0 bridgehead atoms. The fraction of sp³-hybridized carbons (Fsp3) is 0.857. The number of ether oxygens (including phenoxy) is 1. The quantitative estimate of drug-likeness (QED) is 0.0904. The van der Waals surface area contributed by atoms with E-state index >= 15 is 0 Å². The topological polar surface area (TPSA) is 63.6 Å². The van der Waals surface area contributed by atoms with Crippen LogP contribution in [0.2, 0.25) is 0 Å². The van der Waals surface area contributed by atoms with Crippen molar-refractivity contribution in [2.75, 3.05) is 6.61 Å². The predicted molar refractivity (Wildman–Crippen MR) is 135 cm³/mol. The molecule has 0 saturated heterocycles. The molecule has 188 valence electrons. The van der Waals surface area contributed by atoms with Crippen LogP contribution in [0.5, 0.6) is 0 Å². The molecule has 1 N–H and O–H groups in total. The Labute approximate surface area is 198 Å². The van der Waals surface area contributed by atoms with Crippen LogP contribution in [0.25, 0.3) is 0 Å². The maximum atomic E-state index is 12.0. The molecule has 0 spiro atoms. The summed E-state index contributed by atoms with van der Waals surface area (Å²) in [5.74, 6) is -1.74. The Bertz CT molecular complexity index is 458. The van der Waals surface area contributed by atoms with E-state index in [1.807, 2.05) is 6.92 Å². The first-order valence-corrected chi connectivity index (χ1v) is 13.6. The monoisotopic (exact) mass is 452 g/mol. The number of esters is 1. The minimum Gasteiger partial charge on any atom is -0.481 e. The molecule has 0 radical (unpaired) electrons. The van der Waals surface area contributed by atoms with E-state index in [1.165, 1.54) is 96.3 Å². The van der Waals surface area contributed by atoms with Crippen molar-refractivity contribution in [3.8, 4) is 0 Å². The van der Waals surface area contributed by atoms with Gasteiger partial charge >= 0.3 is 11.9 Å². The van der Waals surface area contributed by atoms with Crippen molar-refractivity contribution in [3.63, 3.8) is 0 Å². The molecule has 0 aromatic rings. The summed E-state index contributed by atoms with van der Waals surface area (Å²) in [7, 11) is 0. The van der Waals surface area contributed by atoms with E-state index in [9.17, 15) is 9.59 Å². The highest BCUT2D eigenvalue weighted by molar-refractivity contribution is 5.79. The molecular formula is C28H52O4. The minimum atomic E-state index is -0.918. The van der Waals surface area contributed by atoms with Gasteiger partial charge in [0.2, 0.25) is 0 Å². The lowest BCUT2D eigenvalue weighted by Crippen LogP contribution is -2.21. The van der Waals surface area contributed by atoms with E-state index in [2.05, 4.69) is 19.1 Å². The van der Waals surface area contributed by atoms with Crippen molar-refractivity contribution in [1.82, 2.24) is 0 Å². The Kier molecular flexibility index (Phi) is 23.3. The highest BCUT2D eigenvalue weighted by atomic mass is 16.5. The Hall–Kier alpha value is -1.32. The Balaban J connectivity index is 3.43. The zero-order valence-electron chi connectivity index (χ0n) is 21.3. The van der Waals surface area contributed by atoms with Gasteiger partial charge in [-0.05, 0) is 32.1 Å². The summed E-state index contributed by atoms with van der Waals surface area (Å²) in [6, 6.07) is 0. The summed E-state index contributed by atoms with van der Waals surface area (Å²) in [4.78, 5) is 23.0. The smallest absolute Gasteiger partial charge is 0.309 e. The molecule has 0 saturated carbocycles. The van der Waals surface area contributed by atoms with Gasteiger partial charge in [0.15, 0.2) is 0 Å². The largest absolute Gasteiger partial charge is 0.481 e. The van der Waals surface area contributed by atoms with E-state index in [0.717, 1.165) is 19.3 Å². The molecular weight excluding hydrogens is 400 g/mol. The van der Waals surface area contributed by atoms with Crippen LogP contribution in [-0.4, -0.2) is 23.7 Å². The van der Waals surface area contributed by atoms with Gasteiger partial charge < -0.3 is 9.84 Å². The van der Waals surface area contributed by atoms with Crippen molar-refractivity contribution in [3.05, 3.63) is 12.2 Å². The van der Waals surface area contributed by atoms with Crippen LogP contribution in [0, 0.1) is 5.92 Å². The number of carboxylic acids is 1. The van der Waals surface area contributed by atoms with Gasteiger partial charge in [0, 0.05) is 0 Å². The number of aliphatic carboxylic acids is 1. The van der Waals surface area contributed by atoms with Gasteiger partial charge in [0.05, 0.1) is 18.9 Å². The zero-order chi connectivity index (χ0) is 23.7. The van der Waals surface area contributed by atoms with Crippen molar-refractivity contribution >= 4 is 11.9 Å². The van der Waals surface area contributed by atoms with Gasteiger partial charge in [-0.1, -0.05) is 116 Å². The molecule has 1 unspecified atom stereocenters. The molecule has 4 heteroatoms. The maximum absolute atomic E-state index is 12.0. The van der Waals surface area contributed by atoms with Gasteiger partial charge in [0.25, 0.3) is 0 Å².